The van der Waals surface area contributed by atoms with Crippen molar-refractivity contribution in [3.63, 3.8) is 0 Å². The van der Waals surface area contributed by atoms with Gasteiger partial charge in [-0.2, -0.15) is 0 Å². The number of nitrogens with zero attached hydrogens (tertiary/aromatic N) is 2. The number of nitrogens with one attached hydrogen (secondary N) is 1. The van der Waals surface area contributed by atoms with Crippen LogP contribution in [0.15, 0.2) is 24.3 Å². The van der Waals surface area contributed by atoms with Crippen LogP contribution in [0.2, 0.25) is 0 Å². The number of para-hydroxylation sites is 1. The molecule has 6 nitrogen and oxygen atoms in total. The van der Waals surface area contributed by atoms with E-state index >= 15 is 0 Å². The Morgan fingerprint density at radius 3 is 2.46 bits per heavy atom. The number of carbonyl (C=O) groups excluding carboxylic acids is 1. The van der Waals surface area contributed by atoms with Gasteiger partial charge in [-0.05, 0) is 52.0 Å². The standard InChI is InChI=1S/C16H24FN3O3S/c1-12(16(21)18-13-8-10-19(2)11-9-13)20(24(3,22)23)15-7-5-4-6-14(15)17/h4-7,12-13H,8-11H2,1-3H3,(H,18,21)/t12-/m1/s1. The highest BCUT2D eigenvalue weighted by atomic mass is 32.2. The smallest absolute Gasteiger partial charge is 0.243 e. The highest BCUT2D eigenvalue weighted by Gasteiger charge is 2.32. The molecule has 0 aliphatic carbocycles. The summed E-state index contributed by atoms with van der Waals surface area (Å²) in [5.41, 5.74) is -0.119. The fraction of sp³-hybridized carbons (Fsp3) is 0.562. The van der Waals surface area contributed by atoms with Crippen LogP contribution >= 0.6 is 0 Å². The third-order valence-electron chi connectivity index (χ3n) is 4.24. The molecule has 1 heterocycles. The second kappa shape index (κ2) is 7.48. The van der Waals surface area contributed by atoms with Crippen molar-refractivity contribution in [3.8, 4) is 0 Å². The number of hydrogen-bond acceptors (Lipinski definition) is 4. The molecule has 1 N–H and O–H groups in total. The number of carbonyl (C=O) groups is 1. The predicted molar refractivity (Wildman–Crippen MR) is 91.8 cm³/mol. The van der Waals surface area contributed by atoms with Gasteiger partial charge in [0.25, 0.3) is 0 Å². The first-order valence-electron chi connectivity index (χ1n) is 7.93. The van der Waals surface area contributed by atoms with Crippen molar-refractivity contribution in [2.45, 2.75) is 31.8 Å². The van der Waals surface area contributed by atoms with E-state index in [2.05, 4.69) is 10.2 Å². The first-order chi connectivity index (χ1) is 11.2. The van der Waals surface area contributed by atoms with Crippen LogP contribution in [0.5, 0.6) is 0 Å². The molecular weight excluding hydrogens is 333 g/mol. The van der Waals surface area contributed by atoms with Crippen molar-refractivity contribution >= 4 is 21.6 Å². The Balaban J connectivity index is 2.18. The summed E-state index contributed by atoms with van der Waals surface area (Å²) in [4.78, 5) is 14.7. The van der Waals surface area contributed by atoms with E-state index < -0.39 is 27.8 Å². The van der Waals surface area contributed by atoms with E-state index in [-0.39, 0.29) is 11.7 Å². The van der Waals surface area contributed by atoms with Gasteiger partial charge in [0.1, 0.15) is 11.9 Å². The zero-order chi connectivity index (χ0) is 17.9. The van der Waals surface area contributed by atoms with E-state index in [1.54, 1.807) is 0 Å². The van der Waals surface area contributed by atoms with Crippen molar-refractivity contribution in [3.05, 3.63) is 30.1 Å². The Bertz CT molecular complexity index is 688. The minimum Gasteiger partial charge on any atom is -0.351 e. The molecule has 8 heteroatoms. The van der Waals surface area contributed by atoms with E-state index in [9.17, 15) is 17.6 Å². The number of likely N-dealkylation sites (tertiary alicyclic amines) is 1. The molecule has 0 saturated carbocycles. The first-order valence-corrected chi connectivity index (χ1v) is 9.78. The van der Waals surface area contributed by atoms with Gasteiger partial charge in [0, 0.05) is 6.04 Å². The Hall–Kier alpha value is -1.67. The second-order valence-electron chi connectivity index (χ2n) is 6.27. The highest BCUT2D eigenvalue weighted by molar-refractivity contribution is 7.92. The lowest BCUT2D eigenvalue weighted by molar-refractivity contribution is -0.122. The monoisotopic (exact) mass is 357 g/mol. The topological polar surface area (TPSA) is 69.7 Å². The van der Waals surface area contributed by atoms with E-state index in [1.807, 2.05) is 7.05 Å². The Kier molecular flexibility index (Phi) is 5.82. The van der Waals surface area contributed by atoms with Crippen LogP contribution in [-0.2, 0) is 14.8 Å². The molecule has 1 atom stereocenters. The number of halogens is 1. The number of rotatable bonds is 5. The zero-order valence-corrected chi connectivity index (χ0v) is 15.0. The molecule has 1 aliphatic rings. The lowest BCUT2D eigenvalue weighted by Crippen LogP contribution is -2.52. The lowest BCUT2D eigenvalue weighted by Gasteiger charge is -2.33. The van der Waals surface area contributed by atoms with Crippen LogP contribution in [0.25, 0.3) is 0 Å². The average molecular weight is 357 g/mol. The van der Waals surface area contributed by atoms with E-state index in [4.69, 9.17) is 0 Å². The molecule has 2 rings (SSSR count). The van der Waals surface area contributed by atoms with Crippen LogP contribution < -0.4 is 9.62 Å². The second-order valence-corrected chi connectivity index (χ2v) is 8.13. The van der Waals surface area contributed by atoms with Crippen LogP contribution in [0, 0.1) is 5.82 Å². The third kappa shape index (κ3) is 4.45. The maximum atomic E-state index is 14.1. The molecule has 134 valence electrons. The van der Waals surface area contributed by atoms with E-state index in [0.29, 0.717) is 0 Å². The number of piperidine rings is 1. The molecule has 0 unspecified atom stereocenters. The summed E-state index contributed by atoms with van der Waals surface area (Å²) in [6, 6.07) is 4.53. The summed E-state index contributed by atoms with van der Waals surface area (Å²) >= 11 is 0. The van der Waals surface area contributed by atoms with E-state index in [1.165, 1.54) is 31.2 Å². The summed E-state index contributed by atoms with van der Waals surface area (Å²) in [5.74, 6) is -1.10. The Morgan fingerprint density at radius 2 is 1.92 bits per heavy atom. The molecule has 1 aromatic rings. The lowest BCUT2D eigenvalue weighted by atomic mass is 10.1. The molecule has 1 amide bonds. The van der Waals surface area contributed by atoms with Crippen LogP contribution in [-0.4, -0.2) is 57.7 Å². The van der Waals surface area contributed by atoms with Crippen molar-refractivity contribution in [2.75, 3.05) is 30.7 Å². The molecule has 1 fully saturated rings. The molecule has 0 bridgehead atoms. The van der Waals surface area contributed by atoms with Crippen LogP contribution in [0.4, 0.5) is 10.1 Å². The number of sulfonamides is 1. The molecule has 24 heavy (non-hydrogen) atoms. The normalized spacial score (nSPS) is 18.2. The Morgan fingerprint density at radius 1 is 1.33 bits per heavy atom. The largest absolute Gasteiger partial charge is 0.351 e. The third-order valence-corrected chi connectivity index (χ3v) is 5.47. The fourth-order valence-electron chi connectivity index (χ4n) is 2.89. The molecule has 1 saturated heterocycles. The molecular formula is C16H24FN3O3S. The van der Waals surface area contributed by atoms with Gasteiger partial charge in [0.05, 0.1) is 11.9 Å². The summed E-state index contributed by atoms with van der Waals surface area (Å²) in [7, 11) is -1.79. The maximum absolute atomic E-state index is 14.1. The van der Waals surface area contributed by atoms with Crippen molar-refractivity contribution in [2.24, 2.45) is 0 Å². The van der Waals surface area contributed by atoms with Crippen molar-refractivity contribution in [1.29, 1.82) is 0 Å². The van der Waals surface area contributed by atoms with E-state index in [0.717, 1.165) is 36.5 Å². The average Bonchev–Trinajstić information content (AvgIpc) is 2.50. The Labute approximate surface area is 142 Å². The van der Waals surface area contributed by atoms with Crippen molar-refractivity contribution < 1.29 is 17.6 Å². The SMILES string of the molecule is C[C@H](C(=O)NC1CCN(C)CC1)N(c1ccccc1F)S(C)(=O)=O. The molecule has 1 aliphatic heterocycles. The first kappa shape index (κ1) is 18.7. The van der Waals surface area contributed by atoms with Crippen molar-refractivity contribution in [1.82, 2.24) is 10.2 Å². The molecule has 1 aromatic carbocycles. The maximum Gasteiger partial charge on any atom is 0.243 e. The summed E-state index contributed by atoms with van der Waals surface area (Å²) in [5, 5.41) is 2.89. The number of anilines is 1. The van der Waals surface area contributed by atoms with Gasteiger partial charge in [-0.15, -0.1) is 0 Å². The minimum absolute atomic E-state index is 0.0122. The zero-order valence-electron chi connectivity index (χ0n) is 14.2. The van der Waals surface area contributed by atoms with Crippen LogP contribution in [0.1, 0.15) is 19.8 Å². The molecule has 0 aromatic heterocycles. The number of amides is 1. The highest BCUT2D eigenvalue weighted by Crippen LogP contribution is 2.24. The summed E-state index contributed by atoms with van der Waals surface area (Å²) in [6.45, 7) is 3.22. The van der Waals surface area contributed by atoms with Gasteiger partial charge >= 0.3 is 0 Å². The summed E-state index contributed by atoms with van der Waals surface area (Å²) < 4.78 is 39.2. The number of hydrogen-bond donors (Lipinski definition) is 1. The molecule has 0 radical (unpaired) electrons. The minimum atomic E-state index is -3.81. The molecule has 0 spiro atoms. The number of benzene rings is 1. The van der Waals surface area contributed by atoms with Gasteiger partial charge in [-0.1, -0.05) is 12.1 Å². The predicted octanol–water partition coefficient (Wildman–Crippen LogP) is 1.19. The quantitative estimate of drug-likeness (QED) is 0.859. The fourth-order valence-corrected chi connectivity index (χ4v) is 4.06. The van der Waals surface area contributed by atoms with Gasteiger partial charge in [-0.25, -0.2) is 12.8 Å². The van der Waals surface area contributed by atoms with Gasteiger partial charge < -0.3 is 10.2 Å². The van der Waals surface area contributed by atoms with Crippen LogP contribution in [0.3, 0.4) is 0 Å². The van der Waals surface area contributed by atoms with Gasteiger partial charge in [0.15, 0.2) is 0 Å². The van der Waals surface area contributed by atoms with Gasteiger partial charge in [0.2, 0.25) is 15.9 Å². The summed E-state index contributed by atoms with van der Waals surface area (Å²) in [6.07, 6.45) is 2.60. The van der Waals surface area contributed by atoms with Gasteiger partial charge in [-0.3, -0.25) is 9.10 Å².